The standard InChI is InChI=1S/C18H28N2O2/c1-13(2)16-8-6-7-14(3)17(16)19-18(22)20(15-9-10-15)11-4-5-12-21/h6-8,13,15,21H,4-5,9-12H2,1-3H3,(H,19,22). The summed E-state index contributed by atoms with van der Waals surface area (Å²) in [5.74, 6) is 0.374. The van der Waals surface area contributed by atoms with Gasteiger partial charge in [-0.3, -0.25) is 0 Å². The number of aliphatic hydroxyl groups is 1. The summed E-state index contributed by atoms with van der Waals surface area (Å²) in [7, 11) is 0. The van der Waals surface area contributed by atoms with Crippen LogP contribution < -0.4 is 5.32 Å². The zero-order valence-corrected chi connectivity index (χ0v) is 13.9. The summed E-state index contributed by atoms with van der Waals surface area (Å²) in [6.07, 6.45) is 3.79. The lowest BCUT2D eigenvalue weighted by molar-refractivity contribution is 0.204. The maximum absolute atomic E-state index is 12.7. The predicted molar refractivity (Wildman–Crippen MR) is 90.3 cm³/mol. The third kappa shape index (κ3) is 4.23. The van der Waals surface area contributed by atoms with Crippen LogP contribution in [0.2, 0.25) is 0 Å². The number of aryl methyl sites for hydroxylation is 1. The minimum atomic E-state index is -0.00311. The van der Waals surface area contributed by atoms with Gasteiger partial charge in [-0.15, -0.1) is 0 Å². The number of unbranched alkanes of at least 4 members (excludes halogenated alkanes) is 1. The molecule has 22 heavy (non-hydrogen) atoms. The van der Waals surface area contributed by atoms with E-state index in [0.717, 1.165) is 43.5 Å². The minimum absolute atomic E-state index is 0.00311. The number of hydrogen-bond donors (Lipinski definition) is 2. The molecule has 0 heterocycles. The first kappa shape index (κ1) is 16.8. The van der Waals surface area contributed by atoms with Crippen molar-refractivity contribution < 1.29 is 9.90 Å². The fourth-order valence-electron chi connectivity index (χ4n) is 2.75. The molecular formula is C18H28N2O2. The van der Waals surface area contributed by atoms with E-state index in [1.54, 1.807) is 0 Å². The molecule has 1 aromatic carbocycles. The van der Waals surface area contributed by atoms with Crippen LogP contribution in [-0.4, -0.2) is 35.2 Å². The summed E-state index contributed by atoms with van der Waals surface area (Å²) < 4.78 is 0. The molecule has 122 valence electrons. The Bertz CT molecular complexity index is 510. The molecule has 0 spiro atoms. The average molecular weight is 304 g/mol. The molecule has 0 radical (unpaired) electrons. The van der Waals surface area contributed by atoms with Crippen LogP contribution in [0, 0.1) is 6.92 Å². The number of nitrogens with one attached hydrogen (secondary N) is 1. The number of aliphatic hydroxyl groups excluding tert-OH is 1. The van der Waals surface area contributed by atoms with E-state index >= 15 is 0 Å². The number of rotatable bonds is 7. The summed E-state index contributed by atoms with van der Waals surface area (Å²) in [4.78, 5) is 14.6. The number of anilines is 1. The fraction of sp³-hybridized carbons (Fsp3) is 0.611. The van der Waals surface area contributed by atoms with Gasteiger partial charge >= 0.3 is 6.03 Å². The predicted octanol–water partition coefficient (Wildman–Crippen LogP) is 3.89. The molecule has 0 bridgehead atoms. The van der Waals surface area contributed by atoms with Crippen molar-refractivity contribution in [2.24, 2.45) is 0 Å². The third-order valence-corrected chi connectivity index (χ3v) is 4.21. The van der Waals surface area contributed by atoms with Gasteiger partial charge in [0.1, 0.15) is 0 Å². The lowest BCUT2D eigenvalue weighted by atomic mass is 9.98. The lowest BCUT2D eigenvalue weighted by Gasteiger charge is -2.25. The van der Waals surface area contributed by atoms with Crippen molar-refractivity contribution in [2.45, 2.75) is 58.4 Å². The van der Waals surface area contributed by atoms with Crippen LogP contribution in [-0.2, 0) is 0 Å². The van der Waals surface area contributed by atoms with Gasteiger partial charge in [0.25, 0.3) is 0 Å². The van der Waals surface area contributed by atoms with Gasteiger partial charge in [-0.2, -0.15) is 0 Å². The largest absolute Gasteiger partial charge is 0.396 e. The van der Waals surface area contributed by atoms with Gasteiger partial charge in [0, 0.05) is 24.9 Å². The van der Waals surface area contributed by atoms with Crippen LogP contribution in [0.5, 0.6) is 0 Å². The zero-order valence-electron chi connectivity index (χ0n) is 13.9. The minimum Gasteiger partial charge on any atom is -0.396 e. The molecule has 2 N–H and O–H groups in total. The smallest absolute Gasteiger partial charge is 0.322 e. The van der Waals surface area contributed by atoms with Gasteiger partial charge in [-0.05, 0) is 49.7 Å². The van der Waals surface area contributed by atoms with Crippen molar-refractivity contribution in [3.8, 4) is 0 Å². The van der Waals surface area contributed by atoms with Crippen LogP contribution in [0.3, 0.4) is 0 Å². The Morgan fingerprint density at radius 3 is 2.68 bits per heavy atom. The quantitative estimate of drug-likeness (QED) is 0.751. The van der Waals surface area contributed by atoms with Crippen molar-refractivity contribution in [3.63, 3.8) is 0 Å². The number of urea groups is 1. The Labute approximate surface area is 133 Å². The van der Waals surface area contributed by atoms with E-state index in [4.69, 9.17) is 5.11 Å². The van der Waals surface area contributed by atoms with Crippen molar-refractivity contribution in [1.82, 2.24) is 4.90 Å². The van der Waals surface area contributed by atoms with Crippen LogP contribution in [0.15, 0.2) is 18.2 Å². The van der Waals surface area contributed by atoms with Crippen molar-refractivity contribution in [2.75, 3.05) is 18.5 Å². The van der Waals surface area contributed by atoms with Crippen molar-refractivity contribution in [3.05, 3.63) is 29.3 Å². The summed E-state index contributed by atoms with van der Waals surface area (Å²) in [5, 5.41) is 12.1. The van der Waals surface area contributed by atoms with E-state index in [2.05, 4.69) is 25.2 Å². The van der Waals surface area contributed by atoms with Crippen LogP contribution in [0.4, 0.5) is 10.5 Å². The maximum atomic E-state index is 12.7. The first-order valence-electron chi connectivity index (χ1n) is 8.32. The second kappa shape index (κ2) is 7.63. The Morgan fingerprint density at radius 1 is 1.36 bits per heavy atom. The molecule has 0 aliphatic heterocycles. The molecular weight excluding hydrogens is 276 g/mol. The second-order valence-corrected chi connectivity index (χ2v) is 6.48. The number of amides is 2. The molecule has 1 fully saturated rings. The molecule has 1 saturated carbocycles. The number of para-hydroxylation sites is 1. The van der Waals surface area contributed by atoms with Crippen LogP contribution in [0.25, 0.3) is 0 Å². The molecule has 1 aliphatic carbocycles. The molecule has 1 aliphatic rings. The highest BCUT2D eigenvalue weighted by Crippen LogP contribution is 2.30. The van der Waals surface area contributed by atoms with Crippen molar-refractivity contribution >= 4 is 11.7 Å². The number of carbonyl (C=O) groups is 1. The molecule has 4 nitrogen and oxygen atoms in total. The van der Waals surface area contributed by atoms with Gasteiger partial charge in [0.2, 0.25) is 0 Å². The molecule has 1 aromatic rings. The molecule has 4 heteroatoms. The molecule has 0 saturated heterocycles. The first-order chi connectivity index (χ1) is 10.5. The molecule has 0 aromatic heterocycles. The highest BCUT2D eigenvalue weighted by atomic mass is 16.3. The van der Waals surface area contributed by atoms with Crippen LogP contribution in [0.1, 0.15) is 56.6 Å². The van der Waals surface area contributed by atoms with Gasteiger partial charge < -0.3 is 15.3 Å². The fourth-order valence-corrected chi connectivity index (χ4v) is 2.75. The summed E-state index contributed by atoms with van der Waals surface area (Å²) in [6, 6.07) is 6.54. The van der Waals surface area contributed by atoms with Gasteiger partial charge in [-0.1, -0.05) is 32.0 Å². The highest BCUT2D eigenvalue weighted by molar-refractivity contribution is 5.91. The van der Waals surface area contributed by atoms with Crippen LogP contribution >= 0.6 is 0 Å². The number of nitrogens with zero attached hydrogens (tertiary/aromatic N) is 1. The van der Waals surface area contributed by atoms with E-state index in [1.807, 2.05) is 24.0 Å². The number of carbonyl (C=O) groups excluding carboxylic acids is 1. The Balaban J connectivity index is 2.09. The van der Waals surface area contributed by atoms with E-state index in [0.29, 0.717) is 12.0 Å². The van der Waals surface area contributed by atoms with Crippen molar-refractivity contribution in [1.29, 1.82) is 0 Å². The number of benzene rings is 1. The Morgan fingerprint density at radius 2 is 2.09 bits per heavy atom. The Hall–Kier alpha value is -1.55. The van der Waals surface area contributed by atoms with Gasteiger partial charge in [0.05, 0.1) is 0 Å². The molecule has 0 unspecified atom stereocenters. The average Bonchev–Trinajstić information content (AvgIpc) is 3.30. The second-order valence-electron chi connectivity index (χ2n) is 6.48. The Kier molecular flexibility index (Phi) is 5.83. The van der Waals surface area contributed by atoms with E-state index < -0.39 is 0 Å². The van der Waals surface area contributed by atoms with Gasteiger partial charge in [0.15, 0.2) is 0 Å². The summed E-state index contributed by atoms with van der Waals surface area (Å²) >= 11 is 0. The zero-order chi connectivity index (χ0) is 16.1. The van der Waals surface area contributed by atoms with E-state index in [1.165, 1.54) is 5.56 Å². The topological polar surface area (TPSA) is 52.6 Å². The normalized spacial score (nSPS) is 14.2. The molecule has 2 amide bonds. The maximum Gasteiger partial charge on any atom is 0.322 e. The lowest BCUT2D eigenvalue weighted by Crippen LogP contribution is -2.38. The summed E-state index contributed by atoms with van der Waals surface area (Å²) in [6.45, 7) is 7.23. The highest BCUT2D eigenvalue weighted by Gasteiger charge is 2.32. The first-order valence-corrected chi connectivity index (χ1v) is 8.32. The number of hydrogen-bond acceptors (Lipinski definition) is 2. The molecule has 0 atom stereocenters. The van der Waals surface area contributed by atoms with Gasteiger partial charge in [-0.25, -0.2) is 4.79 Å². The summed E-state index contributed by atoms with van der Waals surface area (Å²) in [5.41, 5.74) is 3.24. The molecule has 2 rings (SSSR count). The third-order valence-electron chi connectivity index (χ3n) is 4.21. The van der Waals surface area contributed by atoms with E-state index in [9.17, 15) is 4.79 Å². The van der Waals surface area contributed by atoms with E-state index in [-0.39, 0.29) is 12.6 Å². The SMILES string of the molecule is Cc1cccc(C(C)C)c1NC(=O)N(CCCCO)C1CC1. The monoisotopic (exact) mass is 304 g/mol.